The van der Waals surface area contributed by atoms with E-state index in [0.717, 1.165) is 11.3 Å². The molecule has 0 spiro atoms. The number of thiophene rings is 1. The Morgan fingerprint density at radius 3 is 2.90 bits per heavy atom. The van der Waals surface area contributed by atoms with Gasteiger partial charge in [0.05, 0.1) is 25.9 Å². The summed E-state index contributed by atoms with van der Waals surface area (Å²) in [4.78, 5) is 11.6. The third kappa shape index (κ3) is 3.27. The summed E-state index contributed by atoms with van der Waals surface area (Å²) in [6.45, 7) is 1.71. The van der Waals surface area contributed by atoms with Gasteiger partial charge in [0.25, 0.3) is 0 Å². The summed E-state index contributed by atoms with van der Waals surface area (Å²) >= 11 is 1.02. The normalized spacial score (nSPS) is 24.0. The molecular formula is C12H17NO6S2. The van der Waals surface area contributed by atoms with Crippen molar-refractivity contribution in [2.75, 3.05) is 26.8 Å². The SMILES string of the molecule is COC(=O)c1sccc1S(=O)(=O)N1CC(C)OC(CO)C1. The fraction of sp³-hybridized carbons (Fsp3) is 0.583. The Morgan fingerprint density at radius 2 is 2.29 bits per heavy atom. The van der Waals surface area contributed by atoms with Gasteiger partial charge in [0.2, 0.25) is 10.0 Å². The molecule has 118 valence electrons. The lowest BCUT2D eigenvalue weighted by molar-refractivity contribution is -0.0750. The molecule has 2 heterocycles. The Kier molecular flexibility index (Phi) is 4.99. The van der Waals surface area contributed by atoms with E-state index in [1.807, 2.05) is 0 Å². The molecule has 1 N–H and O–H groups in total. The molecule has 0 aliphatic carbocycles. The van der Waals surface area contributed by atoms with Crippen molar-refractivity contribution in [3.63, 3.8) is 0 Å². The first-order valence-corrected chi connectivity index (χ1v) is 8.64. The number of esters is 1. The predicted octanol–water partition coefficient (Wildman–Crippen LogP) is 0.305. The molecular weight excluding hydrogens is 318 g/mol. The van der Waals surface area contributed by atoms with Gasteiger partial charge in [0.1, 0.15) is 9.77 Å². The number of carbonyl (C=O) groups excluding carboxylic acids is 1. The quantitative estimate of drug-likeness (QED) is 0.796. The minimum absolute atomic E-state index is 0.0530. The molecule has 1 aromatic heterocycles. The fourth-order valence-corrected chi connectivity index (χ4v) is 5.04. The van der Waals surface area contributed by atoms with Crippen molar-refractivity contribution in [3.8, 4) is 0 Å². The van der Waals surface area contributed by atoms with Crippen molar-refractivity contribution in [2.24, 2.45) is 0 Å². The topological polar surface area (TPSA) is 93.1 Å². The Bertz CT molecular complexity index is 611. The van der Waals surface area contributed by atoms with Crippen LogP contribution in [-0.4, -0.2) is 62.8 Å². The Balaban J connectivity index is 2.34. The van der Waals surface area contributed by atoms with Crippen LogP contribution in [-0.2, 0) is 19.5 Å². The summed E-state index contributed by atoms with van der Waals surface area (Å²) in [5.74, 6) is -0.677. The number of hydrogen-bond acceptors (Lipinski definition) is 7. The van der Waals surface area contributed by atoms with Gasteiger partial charge >= 0.3 is 5.97 Å². The molecule has 1 fully saturated rings. The van der Waals surface area contributed by atoms with Crippen LogP contribution >= 0.6 is 11.3 Å². The van der Waals surface area contributed by atoms with E-state index in [4.69, 9.17) is 4.74 Å². The molecule has 0 bridgehead atoms. The summed E-state index contributed by atoms with van der Waals surface area (Å²) < 4.78 is 36.6. The number of rotatable bonds is 4. The highest BCUT2D eigenvalue weighted by Gasteiger charge is 2.36. The number of ether oxygens (including phenoxy) is 2. The summed E-state index contributed by atoms with van der Waals surface area (Å²) in [6, 6.07) is 1.39. The second-order valence-electron chi connectivity index (χ2n) is 4.68. The van der Waals surface area contributed by atoms with Crippen LogP contribution in [0.15, 0.2) is 16.3 Å². The third-order valence-corrected chi connectivity index (χ3v) is 6.01. The van der Waals surface area contributed by atoms with Crippen LogP contribution in [0.2, 0.25) is 0 Å². The molecule has 1 saturated heterocycles. The van der Waals surface area contributed by atoms with Crippen molar-refractivity contribution >= 4 is 27.3 Å². The van der Waals surface area contributed by atoms with Crippen molar-refractivity contribution in [1.82, 2.24) is 4.31 Å². The Morgan fingerprint density at radius 1 is 1.57 bits per heavy atom. The largest absolute Gasteiger partial charge is 0.465 e. The second kappa shape index (κ2) is 6.41. The van der Waals surface area contributed by atoms with E-state index in [1.165, 1.54) is 22.9 Å². The molecule has 2 atom stereocenters. The zero-order valence-electron chi connectivity index (χ0n) is 11.7. The van der Waals surface area contributed by atoms with Gasteiger partial charge in [-0.2, -0.15) is 4.31 Å². The van der Waals surface area contributed by atoms with Gasteiger partial charge in [-0.15, -0.1) is 11.3 Å². The number of aliphatic hydroxyl groups is 1. The second-order valence-corrected chi connectivity index (χ2v) is 7.50. The molecule has 2 rings (SSSR count). The first-order chi connectivity index (χ1) is 9.90. The van der Waals surface area contributed by atoms with Crippen molar-refractivity contribution in [1.29, 1.82) is 0 Å². The zero-order valence-corrected chi connectivity index (χ0v) is 13.3. The molecule has 2 unspecified atom stereocenters. The smallest absolute Gasteiger partial charge is 0.349 e. The highest BCUT2D eigenvalue weighted by molar-refractivity contribution is 7.89. The van der Waals surface area contributed by atoms with Crippen LogP contribution in [0.5, 0.6) is 0 Å². The van der Waals surface area contributed by atoms with Crippen molar-refractivity contribution in [2.45, 2.75) is 24.0 Å². The summed E-state index contributed by atoms with van der Waals surface area (Å²) in [5, 5.41) is 10.7. The minimum Gasteiger partial charge on any atom is -0.465 e. The van der Waals surface area contributed by atoms with E-state index in [2.05, 4.69) is 4.74 Å². The lowest BCUT2D eigenvalue weighted by Gasteiger charge is -2.35. The predicted molar refractivity (Wildman–Crippen MR) is 75.8 cm³/mol. The van der Waals surface area contributed by atoms with Gasteiger partial charge in [-0.3, -0.25) is 0 Å². The maximum atomic E-state index is 12.7. The van der Waals surface area contributed by atoms with Gasteiger partial charge in [0.15, 0.2) is 0 Å². The van der Waals surface area contributed by atoms with Gasteiger partial charge < -0.3 is 14.6 Å². The van der Waals surface area contributed by atoms with Crippen molar-refractivity contribution in [3.05, 3.63) is 16.3 Å². The molecule has 0 radical (unpaired) electrons. The molecule has 7 nitrogen and oxygen atoms in total. The van der Waals surface area contributed by atoms with Crippen molar-refractivity contribution < 1.29 is 27.8 Å². The first kappa shape index (κ1) is 16.4. The number of methoxy groups -OCH3 is 1. The van der Waals surface area contributed by atoms with Crippen LogP contribution in [0.4, 0.5) is 0 Å². The van der Waals surface area contributed by atoms with E-state index in [-0.39, 0.29) is 35.6 Å². The van der Waals surface area contributed by atoms with E-state index >= 15 is 0 Å². The molecule has 1 aliphatic heterocycles. The van der Waals surface area contributed by atoms with Gasteiger partial charge in [-0.1, -0.05) is 0 Å². The van der Waals surface area contributed by atoms with Gasteiger partial charge in [0, 0.05) is 13.1 Å². The highest BCUT2D eigenvalue weighted by atomic mass is 32.2. The first-order valence-electron chi connectivity index (χ1n) is 6.32. The maximum absolute atomic E-state index is 12.7. The van der Waals surface area contributed by atoms with Crippen LogP contribution in [0.3, 0.4) is 0 Å². The lowest BCUT2D eigenvalue weighted by atomic mass is 10.2. The third-order valence-electron chi connectivity index (χ3n) is 3.11. The number of carbonyl (C=O) groups is 1. The van der Waals surface area contributed by atoms with Crippen LogP contribution in [0, 0.1) is 0 Å². The van der Waals surface area contributed by atoms with Crippen LogP contribution < -0.4 is 0 Å². The molecule has 1 aromatic rings. The standard InChI is InChI=1S/C12H17NO6S2/c1-8-5-13(6-9(7-14)19-8)21(16,17)10-3-4-20-11(10)12(15)18-2/h3-4,8-9,14H,5-7H2,1-2H3. The zero-order chi connectivity index (χ0) is 15.6. The lowest BCUT2D eigenvalue weighted by Crippen LogP contribution is -2.50. The number of sulfonamides is 1. The summed E-state index contributed by atoms with van der Waals surface area (Å²) in [7, 11) is -2.62. The summed E-state index contributed by atoms with van der Waals surface area (Å²) in [6.07, 6.45) is -0.894. The number of hydrogen-bond donors (Lipinski definition) is 1. The Labute approximate surface area is 127 Å². The van der Waals surface area contributed by atoms with Crippen LogP contribution in [0.25, 0.3) is 0 Å². The molecule has 0 amide bonds. The maximum Gasteiger partial charge on any atom is 0.349 e. The monoisotopic (exact) mass is 335 g/mol. The van der Waals surface area contributed by atoms with Crippen LogP contribution in [0.1, 0.15) is 16.6 Å². The summed E-state index contributed by atoms with van der Waals surface area (Å²) in [5.41, 5.74) is 0. The number of morpholine rings is 1. The molecule has 21 heavy (non-hydrogen) atoms. The number of nitrogens with zero attached hydrogens (tertiary/aromatic N) is 1. The molecule has 1 aliphatic rings. The van der Waals surface area contributed by atoms with E-state index in [1.54, 1.807) is 6.92 Å². The fourth-order valence-electron chi connectivity index (χ4n) is 2.18. The Hall–Kier alpha value is -1.00. The van der Waals surface area contributed by atoms with E-state index in [0.29, 0.717) is 0 Å². The molecule has 0 saturated carbocycles. The van der Waals surface area contributed by atoms with E-state index in [9.17, 15) is 18.3 Å². The molecule has 0 aromatic carbocycles. The highest BCUT2D eigenvalue weighted by Crippen LogP contribution is 2.28. The minimum atomic E-state index is -3.83. The van der Waals surface area contributed by atoms with E-state index < -0.39 is 22.1 Å². The average Bonchev–Trinajstić information content (AvgIpc) is 2.95. The molecule has 9 heteroatoms. The van der Waals surface area contributed by atoms with Gasteiger partial charge in [-0.05, 0) is 18.4 Å². The van der Waals surface area contributed by atoms with Gasteiger partial charge in [-0.25, -0.2) is 13.2 Å². The number of aliphatic hydroxyl groups excluding tert-OH is 1. The average molecular weight is 335 g/mol.